The van der Waals surface area contributed by atoms with E-state index in [0.717, 1.165) is 6.42 Å². The highest BCUT2D eigenvalue weighted by Crippen LogP contribution is 2.04. The molecule has 0 radical (unpaired) electrons. The molecule has 0 aliphatic rings. The molecule has 1 rings (SSSR count). The average Bonchev–Trinajstić information content (AvgIpc) is 2.26. The summed E-state index contributed by atoms with van der Waals surface area (Å²) in [6.45, 7) is 4.00. The third-order valence-corrected chi connectivity index (χ3v) is 2.18. The fourth-order valence-corrected chi connectivity index (χ4v) is 1.23. The first-order valence-corrected chi connectivity index (χ1v) is 5.18. The number of aliphatic hydroxyl groups excluding tert-OH is 1. The number of benzene rings is 1. The van der Waals surface area contributed by atoms with Gasteiger partial charge in [0.25, 0.3) is 5.91 Å². The summed E-state index contributed by atoms with van der Waals surface area (Å²) in [5.74, 6) is -0.140. The van der Waals surface area contributed by atoms with Crippen LogP contribution in [0.1, 0.15) is 29.8 Å². The van der Waals surface area contributed by atoms with Crippen molar-refractivity contribution in [2.45, 2.75) is 26.4 Å². The molecule has 0 aromatic heterocycles. The van der Waals surface area contributed by atoms with Gasteiger partial charge in [0.05, 0.1) is 6.10 Å². The Kier molecular flexibility index (Phi) is 4.31. The monoisotopic (exact) mass is 207 g/mol. The molecule has 0 saturated carbocycles. The van der Waals surface area contributed by atoms with Crippen molar-refractivity contribution in [1.29, 1.82) is 0 Å². The minimum absolute atomic E-state index is 0.140. The molecule has 1 amide bonds. The minimum Gasteiger partial charge on any atom is -0.392 e. The van der Waals surface area contributed by atoms with Crippen LogP contribution in [0.4, 0.5) is 0 Å². The Hall–Kier alpha value is -1.35. The topological polar surface area (TPSA) is 49.3 Å². The largest absolute Gasteiger partial charge is 0.392 e. The first-order valence-electron chi connectivity index (χ1n) is 5.18. The number of hydrogen-bond donors (Lipinski definition) is 2. The fourth-order valence-electron chi connectivity index (χ4n) is 1.23. The molecule has 1 atom stereocenters. The molecule has 1 aromatic carbocycles. The van der Waals surface area contributed by atoms with Gasteiger partial charge in [-0.3, -0.25) is 4.79 Å². The summed E-state index contributed by atoms with van der Waals surface area (Å²) >= 11 is 0. The Labute approximate surface area is 90.1 Å². The van der Waals surface area contributed by atoms with Crippen LogP contribution in [0.3, 0.4) is 0 Å². The minimum atomic E-state index is -0.510. The van der Waals surface area contributed by atoms with Crippen molar-refractivity contribution in [2.24, 2.45) is 0 Å². The van der Waals surface area contributed by atoms with Crippen molar-refractivity contribution in [3.8, 4) is 0 Å². The van der Waals surface area contributed by atoms with Gasteiger partial charge in [-0.15, -0.1) is 0 Å². The van der Waals surface area contributed by atoms with Gasteiger partial charge in [0.2, 0.25) is 0 Å². The molecule has 1 aromatic rings. The Morgan fingerprint density at radius 3 is 2.47 bits per heavy atom. The molecule has 0 saturated heterocycles. The number of carbonyl (C=O) groups excluding carboxylic acids is 1. The number of carbonyl (C=O) groups is 1. The standard InChI is InChI=1S/C12H17NO2/c1-3-10-4-6-11(7-5-10)12(15)13-8-9(2)14/h4-7,9,14H,3,8H2,1-2H3,(H,13,15)/t9-/m1/s1. The van der Waals surface area contributed by atoms with Crippen LogP contribution in [0.15, 0.2) is 24.3 Å². The molecule has 82 valence electrons. The van der Waals surface area contributed by atoms with Gasteiger partial charge >= 0.3 is 0 Å². The Morgan fingerprint density at radius 1 is 1.40 bits per heavy atom. The average molecular weight is 207 g/mol. The maximum absolute atomic E-state index is 11.5. The van der Waals surface area contributed by atoms with Crippen LogP contribution in [-0.2, 0) is 6.42 Å². The van der Waals surface area contributed by atoms with Crippen molar-refractivity contribution < 1.29 is 9.90 Å². The van der Waals surface area contributed by atoms with E-state index >= 15 is 0 Å². The third kappa shape index (κ3) is 3.72. The smallest absolute Gasteiger partial charge is 0.251 e. The third-order valence-electron chi connectivity index (χ3n) is 2.18. The lowest BCUT2D eigenvalue weighted by molar-refractivity contribution is 0.0924. The zero-order valence-electron chi connectivity index (χ0n) is 9.16. The van der Waals surface area contributed by atoms with Gasteiger partial charge in [0, 0.05) is 12.1 Å². The molecule has 2 N–H and O–H groups in total. The van der Waals surface area contributed by atoms with Crippen LogP contribution >= 0.6 is 0 Å². The van der Waals surface area contributed by atoms with Gasteiger partial charge in [-0.2, -0.15) is 0 Å². The summed E-state index contributed by atoms with van der Waals surface area (Å²) in [5, 5.41) is 11.7. The second-order valence-electron chi connectivity index (χ2n) is 3.61. The molecular weight excluding hydrogens is 190 g/mol. The highest BCUT2D eigenvalue weighted by Gasteiger charge is 2.05. The molecule has 0 unspecified atom stereocenters. The Bertz CT molecular complexity index is 317. The van der Waals surface area contributed by atoms with E-state index in [9.17, 15) is 4.79 Å². The fraction of sp³-hybridized carbons (Fsp3) is 0.417. The van der Waals surface area contributed by atoms with Gasteiger partial charge in [-0.1, -0.05) is 19.1 Å². The van der Waals surface area contributed by atoms with Crippen molar-refractivity contribution in [3.05, 3.63) is 35.4 Å². The maximum atomic E-state index is 11.5. The zero-order chi connectivity index (χ0) is 11.3. The number of aliphatic hydroxyl groups is 1. The second kappa shape index (κ2) is 5.51. The Morgan fingerprint density at radius 2 is 2.00 bits per heavy atom. The number of nitrogens with one attached hydrogen (secondary N) is 1. The molecule has 15 heavy (non-hydrogen) atoms. The van der Waals surface area contributed by atoms with E-state index in [4.69, 9.17) is 5.11 Å². The normalized spacial score (nSPS) is 12.2. The van der Waals surface area contributed by atoms with E-state index in [-0.39, 0.29) is 12.5 Å². The summed E-state index contributed by atoms with van der Waals surface area (Å²) in [6.07, 6.45) is 0.458. The molecule has 0 bridgehead atoms. The second-order valence-corrected chi connectivity index (χ2v) is 3.61. The quantitative estimate of drug-likeness (QED) is 0.783. The molecule has 3 heteroatoms. The summed E-state index contributed by atoms with van der Waals surface area (Å²) in [6, 6.07) is 7.49. The lowest BCUT2D eigenvalue weighted by Gasteiger charge is -2.07. The number of amides is 1. The molecule has 3 nitrogen and oxygen atoms in total. The van der Waals surface area contributed by atoms with E-state index in [1.165, 1.54) is 5.56 Å². The summed E-state index contributed by atoms with van der Waals surface area (Å²) < 4.78 is 0. The molecular formula is C12H17NO2. The van der Waals surface area contributed by atoms with Crippen molar-refractivity contribution in [2.75, 3.05) is 6.54 Å². The van der Waals surface area contributed by atoms with Gasteiger partial charge in [0.15, 0.2) is 0 Å². The summed E-state index contributed by atoms with van der Waals surface area (Å²) in [4.78, 5) is 11.5. The van der Waals surface area contributed by atoms with Gasteiger partial charge in [0.1, 0.15) is 0 Å². The van der Waals surface area contributed by atoms with E-state index < -0.39 is 6.10 Å². The van der Waals surface area contributed by atoms with Crippen molar-refractivity contribution in [3.63, 3.8) is 0 Å². The first-order chi connectivity index (χ1) is 7.13. The van der Waals surface area contributed by atoms with Gasteiger partial charge < -0.3 is 10.4 Å². The predicted molar refractivity (Wildman–Crippen MR) is 59.8 cm³/mol. The van der Waals surface area contributed by atoms with Crippen LogP contribution in [0.2, 0.25) is 0 Å². The van der Waals surface area contributed by atoms with E-state index in [0.29, 0.717) is 5.56 Å². The van der Waals surface area contributed by atoms with Crippen LogP contribution in [0, 0.1) is 0 Å². The highest BCUT2D eigenvalue weighted by atomic mass is 16.3. The van der Waals surface area contributed by atoms with Gasteiger partial charge in [-0.05, 0) is 31.0 Å². The summed E-state index contributed by atoms with van der Waals surface area (Å²) in [7, 11) is 0. The maximum Gasteiger partial charge on any atom is 0.251 e. The lowest BCUT2D eigenvalue weighted by Crippen LogP contribution is -2.30. The van der Waals surface area contributed by atoms with Crippen LogP contribution in [0.25, 0.3) is 0 Å². The number of rotatable bonds is 4. The van der Waals surface area contributed by atoms with Crippen molar-refractivity contribution in [1.82, 2.24) is 5.32 Å². The predicted octanol–water partition coefficient (Wildman–Crippen LogP) is 1.36. The number of aryl methyl sites for hydroxylation is 1. The van der Waals surface area contributed by atoms with Crippen molar-refractivity contribution >= 4 is 5.91 Å². The van der Waals surface area contributed by atoms with E-state index in [2.05, 4.69) is 12.2 Å². The van der Waals surface area contributed by atoms with Crippen LogP contribution < -0.4 is 5.32 Å². The van der Waals surface area contributed by atoms with Gasteiger partial charge in [-0.25, -0.2) is 0 Å². The Balaban J connectivity index is 2.58. The summed E-state index contributed by atoms with van der Waals surface area (Å²) in [5.41, 5.74) is 1.84. The lowest BCUT2D eigenvalue weighted by atomic mass is 10.1. The highest BCUT2D eigenvalue weighted by molar-refractivity contribution is 5.94. The van der Waals surface area contributed by atoms with E-state index in [1.54, 1.807) is 19.1 Å². The molecule has 0 aliphatic heterocycles. The van der Waals surface area contributed by atoms with Crippen LogP contribution in [-0.4, -0.2) is 23.7 Å². The first kappa shape index (κ1) is 11.7. The SMILES string of the molecule is CCc1ccc(C(=O)NC[C@@H](C)O)cc1. The molecule has 0 aliphatic carbocycles. The van der Waals surface area contributed by atoms with E-state index in [1.807, 2.05) is 12.1 Å². The molecule has 0 spiro atoms. The number of hydrogen-bond acceptors (Lipinski definition) is 2. The van der Waals surface area contributed by atoms with Crippen LogP contribution in [0.5, 0.6) is 0 Å². The molecule has 0 fully saturated rings. The molecule has 0 heterocycles. The zero-order valence-corrected chi connectivity index (χ0v) is 9.16.